The number of hydrogen-bond acceptors (Lipinski definition) is 2. The van der Waals surface area contributed by atoms with E-state index in [-0.39, 0.29) is 0 Å². The van der Waals surface area contributed by atoms with Gasteiger partial charge in [-0.15, -0.1) is 23.5 Å². The number of hydrogen-bond donors (Lipinski definition) is 0. The van der Waals surface area contributed by atoms with Crippen molar-refractivity contribution in [3.05, 3.63) is 58.6 Å². The van der Waals surface area contributed by atoms with Crippen LogP contribution in [0.1, 0.15) is 5.56 Å². The highest BCUT2D eigenvalue weighted by Gasteiger charge is 2.21. The molecule has 0 spiro atoms. The molecule has 2 aromatic carbocycles. The lowest BCUT2D eigenvalue weighted by Gasteiger charge is -2.08. The standard InChI is InChI=1S/C15H13BrS2/c16-12-5-3-6-13(9-12)17-10-14-8-11-4-1-2-7-15(11)18-14/h1-7,9,14H,8,10H2. The molecule has 0 nitrogen and oxygen atoms in total. The average Bonchev–Trinajstić information content (AvgIpc) is 2.79. The maximum Gasteiger partial charge on any atom is 0.0229 e. The second-order valence-electron chi connectivity index (χ2n) is 4.32. The van der Waals surface area contributed by atoms with E-state index in [0.717, 1.165) is 4.47 Å². The van der Waals surface area contributed by atoms with Crippen molar-refractivity contribution >= 4 is 39.5 Å². The Morgan fingerprint density at radius 3 is 2.89 bits per heavy atom. The van der Waals surface area contributed by atoms with Gasteiger partial charge in [-0.25, -0.2) is 0 Å². The Balaban J connectivity index is 1.60. The van der Waals surface area contributed by atoms with E-state index in [1.807, 2.05) is 23.5 Å². The van der Waals surface area contributed by atoms with E-state index in [4.69, 9.17) is 0 Å². The van der Waals surface area contributed by atoms with Crippen LogP contribution < -0.4 is 0 Å². The molecule has 0 N–H and O–H groups in total. The van der Waals surface area contributed by atoms with Crippen LogP contribution in [0.3, 0.4) is 0 Å². The largest absolute Gasteiger partial charge is 0.125 e. The first kappa shape index (κ1) is 12.6. The predicted molar refractivity (Wildman–Crippen MR) is 84.7 cm³/mol. The molecule has 1 aliphatic rings. The molecule has 0 aromatic heterocycles. The monoisotopic (exact) mass is 336 g/mol. The third kappa shape index (κ3) is 2.95. The maximum atomic E-state index is 3.52. The van der Waals surface area contributed by atoms with E-state index in [2.05, 4.69) is 64.5 Å². The summed E-state index contributed by atoms with van der Waals surface area (Å²) in [7, 11) is 0. The van der Waals surface area contributed by atoms with Crippen LogP contribution in [0.2, 0.25) is 0 Å². The zero-order valence-electron chi connectivity index (χ0n) is 9.80. The smallest absolute Gasteiger partial charge is 0.0229 e. The third-order valence-electron chi connectivity index (χ3n) is 2.95. The molecule has 0 fully saturated rings. The highest BCUT2D eigenvalue weighted by Crippen LogP contribution is 2.39. The molecule has 1 unspecified atom stereocenters. The molecule has 0 radical (unpaired) electrons. The van der Waals surface area contributed by atoms with Crippen LogP contribution in [0.15, 0.2) is 62.8 Å². The van der Waals surface area contributed by atoms with Gasteiger partial charge in [0.05, 0.1) is 0 Å². The van der Waals surface area contributed by atoms with Gasteiger partial charge in [0, 0.05) is 25.3 Å². The van der Waals surface area contributed by atoms with Gasteiger partial charge in [-0.2, -0.15) is 0 Å². The first-order valence-electron chi connectivity index (χ1n) is 5.94. The summed E-state index contributed by atoms with van der Waals surface area (Å²) < 4.78 is 1.16. The molecule has 1 heterocycles. The summed E-state index contributed by atoms with van der Waals surface area (Å²) in [6, 6.07) is 17.3. The average molecular weight is 337 g/mol. The summed E-state index contributed by atoms with van der Waals surface area (Å²) >= 11 is 7.50. The van der Waals surface area contributed by atoms with Gasteiger partial charge in [-0.1, -0.05) is 40.2 Å². The van der Waals surface area contributed by atoms with Crippen LogP contribution in [-0.2, 0) is 6.42 Å². The molecule has 0 bridgehead atoms. The van der Waals surface area contributed by atoms with Crippen molar-refractivity contribution in [3.8, 4) is 0 Å². The Bertz CT molecular complexity index is 529. The summed E-state index contributed by atoms with van der Waals surface area (Å²) in [4.78, 5) is 2.82. The molecular formula is C15H13BrS2. The second kappa shape index (κ2) is 5.72. The fourth-order valence-electron chi connectivity index (χ4n) is 2.09. The quantitative estimate of drug-likeness (QED) is 0.701. The van der Waals surface area contributed by atoms with Crippen molar-refractivity contribution in [2.45, 2.75) is 21.5 Å². The summed E-state index contributed by atoms with van der Waals surface area (Å²) in [5, 5.41) is 0.714. The lowest BCUT2D eigenvalue weighted by Crippen LogP contribution is -2.03. The van der Waals surface area contributed by atoms with Crippen LogP contribution in [0, 0.1) is 0 Å². The molecule has 3 rings (SSSR count). The van der Waals surface area contributed by atoms with Gasteiger partial charge in [0.25, 0.3) is 0 Å². The lowest BCUT2D eigenvalue weighted by molar-refractivity contribution is 0.970. The molecule has 92 valence electrons. The Kier molecular flexibility index (Phi) is 4.02. The Morgan fingerprint density at radius 2 is 2.06 bits per heavy atom. The Labute approximate surface area is 125 Å². The number of rotatable bonds is 3. The zero-order chi connectivity index (χ0) is 12.4. The van der Waals surface area contributed by atoms with Gasteiger partial charge in [-0.05, 0) is 36.2 Å². The summed E-state index contributed by atoms with van der Waals surface area (Å²) in [6.07, 6.45) is 1.21. The van der Waals surface area contributed by atoms with Crippen molar-refractivity contribution in [2.24, 2.45) is 0 Å². The van der Waals surface area contributed by atoms with Gasteiger partial charge in [-0.3, -0.25) is 0 Å². The second-order valence-corrected chi connectivity index (χ2v) is 7.67. The van der Waals surface area contributed by atoms with Crippen molar-refractivity contribution in [2.75, 3.05) is 5.75 Å². The number of benzene rings is 2. The van der Waals surface area contributed by atoms with Crippen LogP contribution in [0.25, 0.3) is 0 Å². The van der Waals surface area contributed by atoms with Gasteiger partial charge >= 0.3 is 0 Å². The molecule has 18 heavy (non-hydrogen) atoms. The van der Waals surface area contributed by atoms with E-state index >= 15 is 0 Å². The van der Waals surface area contributed by atoms with Crippen molar-refractivity contribution < 1.29 is 0 Å². The Morgan fingerprint density at radius 1 is 1.17 bits per heavy atom. The minimum Gasteiger partial charge on any atom is -0.125 e. The van der Waals surface area contributed by atoms with E-state index < -0.39 is 0 Å². The third-order valence-corrected chi connectivity index (χ3v) is 6.13. The molecule has 0 saturated carbocycles. The molecule has 1 aliphatic heterocycles. The van der Waals surface area contributed by atoms with Gasteiger partial charge in [0.15, 0.2) is 0 Å². The van der Waals surface area contributed by atoms with E-state index in [9.17, 15) is 0 Å². The van der Waals surface area contributed by atoms with Crippen molar-refractivity contribution in [1.82, 2.24) is 0 Å². The molecule has 0 aliphatic carbocycles. The van der Waals surface area contributed by atoms with Crippen molar-refractivity contribution in [3.63, 3.8) is 0 Å². The number of fused-ring (bicyclic) bond motifs is 1. The van der Waals surface area contributed by atoms with Crippen LogP contribution in [0.4, 0.5) is 0 Å². The highest BCUT2D eigenvalue weighted by atomic mass is 79.9. The molecule has 1 atom stereocenters. The predicted octanol–water partition coefficient (Wildman–Crippen LogP) is 5.26. The van der Waals surface area contributed by atoms with Crippen molar-refractivity contribution in [1.29, 1.82) is 0 Å². The van der Waals surface area contributed by atoms with Crippen LogP contribution >= 0.6 is 39.5 Å². The van der Waals surface area contributed by atoms with Gasteiger partial charge in [0.1, 0.15) is 0 Å². The van der Waals surface area contributed by atoms with Gasteiger partial charge < -0.3 is 0 Å². The molecular weight excluding hydrogens is 324 g/mol. The SMILES string of the molecule is Brc1cccc(SCC2Cc3ccccc3S2)c1. The topological polar surface area (TPSA) is 0 Å². The van der Waals surface area contributed by atoms with Crippen LogP contribution in [0.5, 0.6) is 0 Å². The lowest BCUT2D eigenvalue weighted by atomic mass is 10.1. The normalized spacial score (nSPS) is 17.7. The first-order chi connectivity index (χ1) is 8.81. The van der Waals surface area contributed by atoms with Gasteiger partial charge in [0.2, 0.25) is 0 Å². The highest BCUT2D eigenvalue weighted by molar-refractivity contribution is 9.10. The fraction of sp³-hybridized carbons (Fsp3) is 0.200. The van der Waals surface area contributed by atoms with E-state index in [1.165, 1.54) is 27.5 Å². The number of halogens is 1. The first-order valence-corrected chi connectivity index (χ1v) is 8.60. The number of thioether (sulfide) groups is 2. The fourth-order valence-corrected chi connectivity index (χ4v) is 5.08. The minimum atomic E-state index is 0.714. The molecule has 0 saturated heterocycles. The molecule has 0 amide bonds. The minimum absolute atomic E-state index is 0.714. The molecule has 3 heteroatoms. The van der Waals surface area contributed by atoms with Crippen LogP contribution in [-0.4, -0.2) is 11.0 Å². The zero-order valence-corrected chi connectivity index (χ0v) is 13.0. The summed E-state index contributed by atoms with van der Waals surface area (Å²) in [5.74, 6) is 1.18. The maximum absolute atomic E-state index is 3.52. The van der Waals surface area contributed by atoms with E-state index in [1.54, 1.807) is 0 Å². The summed E-state index contributed by atoms with van der Waals surface area (Å²) in [5.41, 5.74) is 1.52. The molecule has 2 aromatic rings. The van der Waals surface area contributed by atoms with E-state index in [0.29, 0.717) is 5.25 Å². The Hall–Kier alpha value is -0.380. The summed E-state index contributed by atoms with van der Waals surface area (Å²) in [6.45, 7) is 0.